The molecular formula is C86H98N14O15. The first-order chi connectivity index (χ1) is 55.5. The first-order valence-electron chi connectivity index (χ1n) is 38.5. The van der Waals surface area contributed by atoms with Gasteiger partial charge in [-0.1, -0.05) is 182 Å². The Hall–Kier alpha value is -13.2. The number of phenols is 1. The van der Waals surface area contributed by atoms with Crippen molar-refractivity contribution in [3.63, 3.8) is 0 Å². The van der Waals surface area contributed by atoms with Crippen LogP contribution in [0.5, 0.6) is 5.75 Å². The Morgan fingerprint density at radius 2 is 0.800 bits per heavy atom. The number of alkyl carbamates (subject to hydrolysis) is 2. The summed E-state index contributed by atoms with van der Waals surface area (Å²) in [6.07, 6.45) is -1.81. The van der Waals surface area contributed by atoms with E-state index in [2.05, 4.69) is 53.2 Å². The van der Waals surface area contributed by atoms with Crippen molar-refractivity contribution in [3.8, 4) is 28.0 Å². The minimum atomic E-state index is -1.57. The highest BCUT2D eigenvalue weighted by Crippen LogP contribution is 2.46. The topological polar surface area (TPSA) is 469 Å². The van der Waals surface area contributed by atoms with Crippen molar-refractivity contribution < 1.29 is 72.4 Å². The van der Waals surface area contributed by atoms with Gasteiger partial charge < -0.3 is 90.1 Å². The number of primary amides is 1. The first kappa shape index (κ1) is 84.3. The zero-order valence-electron chi connectivity index (χ0n) is 63.5. The molecule has 0 bridgehead atoms. The predicted octanol–water partition coefficient (Wildman–Crippen LogP) is 5.96. The molecule has 8 aromatic carbocycles. The van der Waals surface area contributed by atoms with Crippen LogP contribution in [0.2, 0.25) is 0 Å². The summed E-state index contributed by atoms with van der Waals surface area (Å²) in [5.74, 6) is -9.23. The van der Waals surface area contributed by atoms with Gasteiger partial charge in [-0.25, -0.2) is 9.59 Å². The number of unbranched alkanes of at least 4 members (excludes halogenated alkanes) is 2. The molecule has 29 nitrogen and oxygen atoms in total. The Morgan fingerprint density at radius 3 is 1.32 bits per heavy atom. The highest BCUT2D eigenvalue weighted by atomic mass is 16.6. The molecule has 0 unspecified atom stereocenters. The van der Waals surface area contributed by atoms with Crippen LogP contribution in [0.15, 0.2) is 194 Å². The van der Waals surface area contributed by atoms with Crippen LogP contribution < -0.4 is 70.4 Å². The second-order valence-electron chi connectivity index (χ2n) is 28.5. The van der Waals surface area contributed by atoms with Crippen LogP contribution in [0.3, 0.4) is 0 Å². The summed E-state index contributed by atoms with van der Waals surface area (Å²) in [4.78, 5) is 152. The molecule has 7 atom stereocenters. The molecule has 0 aromatic heterocycles. The van der Waals surface area contributed by atoms with Crippen molar-refractivity contribution in [1.82, 2.24) is 53.2 Å². The fourth-order valence-corrected chi connectivity index (χ4v) is 14.3. The van der Waals surface area contributed by atoms with Gasteiger partial charge in [0.05, 0.1) is 12.6 Å². The van der Waals surface area contributed by atoms with Crippen molar-refractivity contribution in [3.05, 3.63) is 233 Å². The number of hydrogen-bond acceptors (Lipinski definition) is 16. The zero-order valence-corrected chi connectivity index (χ0v) is 63.5. The number of carbonyl (C=O) groups is 11. The van der Waals surface area contributed by atoms with Gasteiger partial charge in [-0.2, -0.15) is 0 Å². The maximum absolute atomic E-state index is 15.1. The molecular weight excluding hydrogens is 1470 g/mol. The molecule has 0 heterocycles. The number of rotatable bonds is 42. The number of amides is 10. The molecule has 0 fully saturated rings. The summed E-state index contributed by atoms with van der Waals surface area (Å²) in [7, 11) is 0. The van der Waals surface area contributed by atoms with E-state index in [1.165, 1.54) is 12.1 Å². The lowest BCUT2D eigenvalue weighted by molar-refractivity contribution is -0.138. The average Bonchev–Trinajstić information content (AvgIpc) is 1.62. The van der Waals surface area contributed by atoms with Crippen molar-refractivity contribution >= 4 is 82.1 Å². The average molecular weight is 1570 g/mol. The third-order valence-corrected chi connectivity index (χ3v) is 20.2. The van der Waals surface area contributed by atoms with Crippen LogP contribution >= 0.6 is 0 Å². The lowest BCUT2D eigenvalue weighted by atomic mass is 9.98. The number of aromatic hydroxyl groups is 1. The number of nitrogens with one attached hydrogen (secondary N) is 11. The van der Waals surface area contributed by atoms with Gasteiger partial charge in [0.25, 0.3) is 0 Å². The molecule has 19 N–H and O–H groups in total. The second-order valence-corrected chi connectivity index (χ2v) is 28.5. The third kappa shape index (κ3) is 24.7. The quantitative estimate of drug-likeness (QED) is 0.0119. The number of phenolic OH excluding ortho intramolecular Hbond substituents is 1. The molecule has 115 heavy (non-hydrogen) atoms. The lowest BCUT2D eigenvalue weighted by Crippen LogP contribution is -2.59. The van der Waals surface area contributed by atoms with E-state index in [0.29, 0.717) is 17.5 Å². The van der Waals surface area contributed by atoms with Gasteiger partial charge >= 0.3 is 18.2 Å². The van der Waals surface area contributed by atoms with Crippen molar-refractivity contribution in [2.24, 2.45) is 17.2 Å². The largest absolute Gasteiger partial charge is 0.508 e. The summed E-state index contributed by atoms with van der Waals surface area (Å²) in [6, 6.07) is 49.4. The SMILES string of the molecule is N=C(N)NCCC[C@@H](NC(=O)[C@H](CCCCNC(=O)OCC1c2ccccc2-c2ccccc21)NC(=O)[C@H](Cc1ccc(O)cc1)NC(=O)[C@@H](N)Cc1ccccc1)C(=O)N[C@@H](Cc1ccc2ccccc2c1)C(=O)NCC(=O)N[C@H](CCC(=O)O)C(=O)N[C@@H](CCCCNC(=O)OCC1c2ccccc2-c2ccccc21)C(N)=O. The van der Waals surface area contributed by atoms with Gasteiger partial charge in [0.15, 0.2) is 5.96 Å². The summed E-state index contributed by atoms with van der Waals surface area (Å²) in [6.45, 7) is -0.426. The van der Waals surface area contributed by atoms with E-state index in [9.17, 15) is 53.4 Å². The summed E-state index contributed by atoms with van der Waals surface area (Å²) in [5.41, 5.74) is 28.0. The molecule has 0 aliphatic heterocycles. The Kier molecular flexibility index (Phi) is 30.7. The Labute approximate surface area is 665 Å². The number of benzene rings is 8. The van der Waals surface area contributed by atoms with E-state index in [0.717, 1.165) is 60.8 Å². The number of carbonyl (C=O) groups excluding carboxylic acids is 10. The second kappa shape index (κ2) is 41.9. The first-order valence-corrected chi connectivity index (χ1v) is 38.5. The van der Waals surface area contributed by atoms with Crippen LogP contribution in [0.25, 0.3) is 33.0 Å². The van der Waals surface area contributed by atoms with Gasteiger partial charge in [0.1, 0.15) is 55.2 Å². The smallest absolute Gasteiger partial charge is 0.407 e. The molecule has 0 saturated heterocycles. The van der Waals surface area contributed by atoms with Crippen molar-refractivity contribution in [2.75, 3.05) is 39.4 Å². The van der Waals surface area contributed by atoms with Crippen molar-refractivity contribution in [1.29, 1.82) is 5.41 Å². The molecule has 0 radical (unpaired) electrons. The number of carboxylic acid groups (broad SMARTS) is 1. The number of fused-ring (bicyclic) bond motifs is 7. The van der Waals surface area contributed by atoms with E-state index < -0.39 is 127 Å². The van der Waals surface area contributed by atoms with E-state index in [1.807, 2.05) is 133 Å². The number of ether oxygens (including phenoxy) is 2. The number of aliphatic carboxylic acids is 1. The maximum Gasteiger partial charge on any atom is 0.407 e. The van der Waals surface area contributed by atoms with Crippen LogP contribution in [0.4, 0.5) is 9.59 Å². The van der Waals surface area contributed by atoms with Gasteiger partial charge in [0.2, 0.25) is 47.3 Å². The highest BCUT2D eigenvalue weighted by molar-refractivity contribution is 5.98. The molecule has 602 valence electrons. The summed E-state index contributed by atoms with van der Waals surface area (Å²) < 4.78 is 11.4. The lowest BCUT2D eigenvalue weighted by Gasteiger charge is -2.27. The van der Waals surface area contributed by atoms with Gasteiger partial charge in [-0.3, -0.25) is 48.6 Å². The van der Waals surface area contributed by atoms with Gasteiger partial charge in [-0.05, 0) is 148 Å². The number of hydrogen-bond donors (Lipinski definition) is 16. The van der Waals surface area contributed by atoms with Gasteiger partial charge in [-0.15, -0.1) is 0 Å². The third-order valence-electron chi connectivity index (χ3n) is 20.2. The van der Waals surface area contributed by atoms with Crippen LogP contribution in [-0.2, 0) is 71.9 Å². The molecule has 10 rings (SSSR count). The fourth-order valence-electron chi connectivity index (χ4n) is 14.3. The van der Waals surface area contributed by atoms with Crippen LogP contribution in [0.1, 0.15) is 115 Å². The minimum Gasteiger partial charge on any atom is -0.508 e. The van der Waals surface area contributed by atoms with Gasteiger partial charge in [0, 0.05) is 50.7 Å². The molecule has 0 spiro atoms. The summed E-state index contributed by atoms with van der Waals surface area (Å²) >= 11 is 0. The van der Waals surface area contributed by atoms with E-state index in [4.69, 9.17) is 32.1 Å². The van der Waals surface area contributed by atoms with E-state index in [-0.39, 0.29) is 121 Å². The number of carboxylic acids is 1. The predicted molar refractivity (Wildman–Crippen MR) is 431 cm³/mol. The normalized spacial score (nSPS) is 13.6. The minimum absolute atomic E-state index is 0.00604. The van der Waals surface area contributed by atoms with Crippen molar-refractivity contribution in [2.45, 2.75) is 138 Å². The van der Waals surface area contributed by atoms with Crippen LogP contribution in [0, 0.1) is 5.41 Å². The molecule has 29 heteroatoms. The molecule has 8 aromatic rings. The molecule has 2 aliphatic rings. The molecule has 10 amide bonds. The fraction of sp³-hybridized carbons (Fsp3) is 0.326. The Balaban J connectivity index is 0.808. The number of nitrogens with two attached hydrogens (primary N) is 3. The maximum atomic E-state index is 15.1. The number of guanidine groups is 1. The highest BCUT2D eigenvalue weighted by Gasteiger charge is 2.36. The summed E-state index contributed by atoms with van der Waals surface area (Å²) in [5, 5.41) is 56.0. The molecule has 2 aliphatic carbocycles. The Bertz CT molecular complexity index is 4690. The molecule has 0 saturated carbocycles. The van der Waals surface area contributed by atoms with E-state index >= 15 is 9.59 Å². The monoisotopic (exact) mass is 1570 g/mol. The van der Waals surface area contributed by atoms with E-state index in [1.54, 1.807) is 48.5 Å². The zero-order chi connectivity index (χ0) is 81.8. The standard InChI is InChI=1S/C86H98N14O15/c87-68(46-52-19-2-1-3-20-52)78(106)99-74(47-53-35-38-57(101)39-36-53)83(111)98-70(32-15-17-43-93-86(113)115-51-67-64-29-12-8-25-60(64)61-26-9-13-30-65(61)67)80(108)97-71(33-18-44-91-84(89)90)81(109)100-73(48-54-34-37-55-21-4-5-22-56(55)45-54)79(107)94-49-75(102)95-72(40-41-76(103)104)82(110)96-69(77(88)105)31-14-16-42-92-85(112)114-50-66-62-27-10-6-23-58(62)59-24-7-11-28-63(59)66/h1-13,19-30,34-39,45,66-74,101H,14-18,31-33,40-44,46-51,87H2,(H2,88,105)(H,92,112)(H,93,113)(H,94,107)(H,95,102)(H,96,110)(H,97,108)(H,98,111)(H,99,106)(H,100,109)(H,103,104)(H4,89,90,91)/t68-,69-,70-,71+,72+,73-,74-/m0/s1. The van der Waals surface area contributed by atoms with Crippen LogP contribution in [-0.4, -0.2) is 163 Å². The Morgan fingerprint density at radius 1 is 0.391 bits per heavy atom.